The van der Waals surface area contributed by atoms with Crippen molar-refractivity contribution in [3.05, 3.63) is 46.2 Å². The van der Waals surface area contributed by atoms with Crippen molar-refractivity contribution in [3.63, 3.8) is 0 Å². The number of benzene rings is 2. The number of fused-ring (bicyclic) bond motifs is 2. The number of nitrogens with zero attached hydrogens (tertiary/aromatic N) is 2. The molecule has 0 aliphatic heterocycles. The minimum atomic E-state index is -0.210. The molecule has 8 nitrogen and oxygen atoms in total. The summed E-state index contributed by atoms with van der Waals surface area (Å²) in [6.07, 6.45) is 0.709. The number of phenols is 1. The van der Waals surface area contributed by atoms with Crippen LogP contribution < -0.4 is 27.5 Å². The summed E-state index contributed by atoms with van der Waals surface area (Å²) < 4.78 is 1.77. The standard InChI is InChI=1S/C20H24N6O2/c21-7-10-23-9-6-13-12-4-5-14(24-11-8-22)17-19(12)26(25-13)15-2-1-3-16(27)18(15)20(17)28/h1-5,23-24,27H,6-11,21-22H2. The van der Waals surface area contributed by atoms with Gasteiger partial charge < -0.3 is 27.2 Å². The molecule has 0 atom stereocenters. The van der Waals surface area contributed by atoms with Gasteiger partial charge in [0.1, 0.15) is 5.75 Å². The van der Waals surface area contributed by atoms with Crippen molar-refractivity contribution in [1.82, 2.24) is 14.9 Å². The number of anilines is 1. The van der Waals surface area contributed by atoms with Crippen molar-refractivity contribution in [2.45, 2.75) is 6.42 Å². The fourth-order valence-electron chi connectivity index (χ4n) is 3.71. The summed E-state index contributed by atoms with van der Waals surface area (Å²) in [4.78, 5) is 13.3. The summed E-state index contributed by atoms with van der Waals surface area (Å²) in [5.41, 5.74) is 13.9. The molecule has 0 bridgehead atoms. The zero-order valence-electron chi connectivity index (χ0n) is 15.5. The lowest BCUT2D eigenvalue weighted by Crippen LogP contribution is -2.24. The first-order valence-electron chi connectivity index (χ1n) is 9.43. The molecule has 0 unspecified atom stereocenters. The van der Waals surface area contributed by atoms with Crippen LogP contribution in [0.4, 0.5) is 5.69 Å². The third kappa shape index (κ3) is 2.91. The Hall–Kier alpha value is -2.94. The highest BCUT2D eigenvalue weighted by Crippen LogP contribution is 2.33. The van der Waals surface area contributed by atoms with Crippen molar-refractivity contribution >= 4 is 32.9 Å². The topological polar surface area (TPSA) is 131 Å². The lowest BCUT2D eigenvalue weighted by Gasteiger charge is -2.11. The number of nitrogens with two attached hydrogens (primary N) is 2. The molecule has 4 rings (SSSR count). The number of aromatic hydroxyl groups is 1. The average Bonchev–Trinajstić information content (AvgIpc) is 3.07. The van der Waals surface area contributed by atoms with Crippen LogP contribution in [0, 0.1) is 0 Å². The average molecular weight is 380 g/mol. The lowest BCUT2D eigenvalue weighted by molar-refractivity contribution is 0.481. The molecule has 7 N–H and O–H groups in total. The van der Waals surface area contributed by atoms with E-state index in [1.54, 1.807) is 16.6 Å². The highest BCUT2D eigenvalue weighted by Gasteiger charge is 2.21. The van der Waals surface area contributed by atoms with Crippen molar-refractivity contribution < 1.29 is 5.11 Å². The lowest BCUT2D eigenvalue weighted by atomic mass is 10.0. The van der Waals surface area contributed by atoms with Gasteiger partial charge in [0.2, 0.25) is 5.43 Å². The largest absolute Gasteiger partial charge is 0.507 e. The molecule has 0 radical (unpaired) electrons. The van der Waals surface area contributed by atoms with Gasteiger partial charge in [-0.05, 0) is 24.3 Å². The van der Waals surface area contributed by atoms with Crippen LogP contribution in [0.1, 0.15) is 5.69 Å². The van der Waals surface area contributed by atoms with Crippen molar-refractivity contribution in [2.75, 3.05) is 38.0 Å². The van der Waals surface area contributed by atoms with Crippen LogP contribution in [-0.4, -0.2) is 47.4 Å². The molecule has 8 heteroatoms. The Kier molecular flexibility index (Phi) is 4.99. The van der Waals surface area contributed by atoms with Gasteiger partial charge in [0.25, 0.3) is 0 Å². The van der Waals surface area contributed by atoms with Crippen LogP contribution in [0.15, 0.2) is 35.1 Å². The summed E-state index contributed by atoms with van der Waals surface area (Å²) >= 11 is 0. The van der Waals surface area contributed by atoms with Gasteiger partial charge >= 0.3 is 0 Å². The minimum absolute atomic E-state index is 0.0448. The van der Waals surface area contributed by atoms with Gasteiger partial charge in [0.15, 0.2) is 0 Å². The van der Waals surface area contributed by atoms with E-state index in [1.807, 2.05) is 12.1 Å². The van der Waals surface area contributed by atoms with Gasteiger partial charge in [0.05, 0.1) is 27.5 Å². The maximum Gasteiger partial charge on any atom is 0.203 e. The second kappa shape index (κ2) is 7.59. The van der Waals surface area contributed by atoms with Gasteiger partial charge in [-0.1, -0.05) is 6.07 Å². The maximum atomic E-state index is 13.3. The van der Waals surface area contributed by atoms with E-state index in [0.29, 0.717) is 42.6 Å². The third-order valence-corrected chi connectivity index (χ3v) is 4.94. The maximum absolute atomic E-state index is 13.3. The minimum Gasteiger partial charge on any atom is -0.507 e. The smallest absolute Gasteiger partial charge is 0.203 e. The zero-order chi connectivity index (χ0) is 19.7. The molecule has 0 amide bonds. The van der Waals surface area contributed by atoms with Crippen LogP contribution in [0.5, 0.6) is 5.75 Å². The molecule has 2 aromatic carbocycles. The van der Waals surface area contributed by atoms with E-state index in [-0.39, 0.29) is 16.6 Å². The SMILES string of the molecule is NCCNCCc1nn2c3cccc(O)c3c(=O)c3c(NCCN)ccc1c32. The number of aromatic nitrogens is 2. The Morgan fingerprint density at radius 2 is 1.86 bits per heavy atom. The number of phenolic OH excluding ortho intramolecular Hbond substituents is 1. The Morgan fingerprint density at radius 3 is 2.64 bits per heavy atom. The molecule has 0 saturated carbocycles. The number of hydrogen-bond acceptors (Lipinski definition) is 7. The summed E-state index contributed by atoms with van der Waals surface area (Å²) in [7, 11) is 0. The molecular formula is C20H24N6O2. The molecule has 0 saturated heterocycles. The fraction of sp³-hybridized carbons (Fsp3) is 0.300. The van der Waals surface area contributed by atoms with Crippen LogP contribution in [0.2, 0.25) is 0 Å². The summed E-state index contributed by atoms with van der Waals surface area (Å²) in [6.45, 7) is 3.06. The van der Waals surface area contributed by atoms with Crippen LogP contribution in [-0.2, 0) is 6.42 Å². The first-order valence-corrected chi connectivity index (χ1v) is 9.43. The van der Waals surface area contributed by atoms with E-state index < -0.39 is 0 Å². The molecule has 0 aliphatic rings. The van der Waals surface area contributed by atoms with Crippen molar-refractivity contribution in [1.29, 1.82) is 0 Å². The van der Waals surface area contributed by atoms with Crippen molar-refractivity contribution in [3.8, 4) is 5.75 Å². The molecule has 146 valence electrons. The van der Waals surface area contributed by atoms with E-state index in [4.69, 9.17) is 16.6 Å². The first kappa shape index (κ1) is 18.4. The predicted octanol–water partition coefficient (Wildman–Crippen LogP) is 0.606. The highest BCUT2D eigenvalue weighted by atomic mass is 16.3. The van der Waals surface area contributed by atoms with E-state index in [9.17, 15) is 9.90 Å². The van der Waals surface area contributed by atoms with Crippen molar-refractivity contribution in [2.24, 2.45) is 11.5 Å². The summed E-state index contributed by atoms with van der Waals surface area (Å²) in [5.74, 6) is -0.0448. The molecule has 4 aromatic rings. The molecule has 28 heavy (non-hydrogen) atoms. The second-order valence-electron chi connectivity index (χ2n) is 6.75. The van der Waals surface area contributed by atoms with Crippen LogP contribution in [0.3, 0.4) is 0 Å². The third-order valence-electron chi connectivity index (χ3n) is 4.94. The first-order chi connectivity index (χ1) is 13.7. The Bertz CT molecular complexity index is 1190. The number of hydrogen-bond donors (Lipinski definition) is 5. The molecule has 0 aliphatic carbocycles. The zero-order valence-corrected chi connectivity index (χ0v) is 15.5. The summed E-state index contributed by atoms with van der Waals surface area (Å²) in [5, 5.41) is 23.4. The molecule has 2 aromatic heterocycles. The Morgan fingerprint density at radius 1 is 1.04 bits per heavy atom. The molecule has 0 spiro atoms. The quantitative estimate of drug-likeness (QED) is 0.223. The Balaban J connectivity index is 2.00. The predicted molar refractivity (Wildman–Crippen MR) is 112 cm³/mol. The highest BCUT2D eigenvalue weighted by molar-refractivity contribution is 6.09. The molecule has 0 fully saturated rings. The normalized spacial score (nSPS) is 11.8. The number of pyridine rings is 1. The number of rotatable bonds is 8. The van der Waals surface area contributed by atoms with E-state index >= 15 is 0 Å². The van der Waals surface area contributed by atoms with Crippen LogP contribution in [0.25, 0.3) is 27.2 Å². The van der Waals surface area contributed by atoms with Gasteiger partial charge in [0, 0.05) is 50.2 Å². The van der Waals surface area contributed by atoms with Gasteiger partial charge in [-0.2, -0.15) is 5.10 Å². The summed E-state index contributed by atoms with van der Waals surface area (Å²) in [6, 6.07) is 8.92. The van der Waals surface area contributed by atoms with Gasteiger partial charge in [-0.15, -0.1) is 0 Å². The van der Waals surface area contributed by atoms with Gasteiger partial charge in [-0.25, -0.2) is 4.52 Å². The number of nitrogens with one attached hydrogen (secondary N) is 2. The fourth-order valence-corrected chi connectivity index (χ4v) is 3.71. The van der Waals surface area contributed by atoms with Crippen LogP contribution >= 0.6 is 0 Å². The second-order valence-corrected chi connectivity index (χ2v) is 6.75. The van der Waals surface area contributed by atoms with E-state index in [0.717, 1.165) is 29.7 Å². The molecular weight excluding hydrogens is 356 g/mol. The molecule has 2 heterocycles. The Labute approximate surface area is 161 Å². The van der Waals surface area contributed by atoms with Gasteiger partial charge in [-0.3, -0.25) is 4.79 Å². The van der Waals surface area contributed by atoms with E-state index in [2.05, 4.69) is 10.6 Å². The monoisotopic (exact) mass is 380 g/mol. The van der Waals surface area contributed by atoms with E-state index in [1.165, 1.54) is 6.07 Å².